The average Bonchev–Trinajstić information content (AvgIpc) is 2.72. The minimum absolute atomic E-state index is 0.0870. The maximum atomic E-state index is 12.2. The van der Waals surface area contributed by atoms with Crippen LogP contribution >= 0.6 is 0 Å². The van der Waals surface area contributed by atoms with Gasteiger partial charge in [0.2, 0.25) is 5.91 Å². The van der Waals surface area contributed by atoms with Crippen molar-refractivity contribution in [3.05, 3.63) is 54.1 Å². The molecule has 2 amide bonds. The summed E-state index contributed by atoms with van der Waals surface area (Å²) in [4.78, 5) is 24.2. The van der Waals surface area contributed by atoms with E-state index in [1.54, 1.807) is 24.3 Å². The number of carbonyl (C=O) groups excluding carboxylic acids is 2. The van der Waals surface area contributed by atoms with Crippen molar-refractivity contribution in [1.29, 1.82) is 0 Å². The first-order chi connectivity index (χ1) is 14.5. The normalized spacial score (nSPS) is 10.5. The number of hydrogen-bond donors (Lipinski definition) is 3. The van der Waals surface area contributed by atoms with Gasteiger partial charge in [0.15, 0.2) is 0 Å². The quantitative estimate of drug-likeness (QED) is 0.437. The lowest BCUT2D eigenvalue weighted by Crippen LogP contribution is -2.30. The van der Waals surface area contributed by atoms with Gasteiger partial charge in [-0.05, 0) is 56.7 Å². The van der Waals surface area contributed by atoms with E-state index in [1.165, 1.54) is 19.3 Å². The van der Waals surface area contributed by atoms with Crippen LogP contribution in [-0.2, 0) is 4.79 Å². The summed E-state index contributed by atoms with van der Waals surface area (Å²) in [6.07, 6.45) is 4.63. The van der Waals surface area contributed by atoms with Crippen LogP contribution in [0.25, 0.3) is 0 Å². The highest BCUT2D eigenvalue weighted by molar-refractivity contribution is 5.95. The van der Waals surface area contributed by atoms with Crippen LogP contribution < -0.4 is 20.7 Å². The molecule has 6 heteroatoms. The van der Waals surface area contributed by atoms with Gasteiger partial charge in [-0.25, -0.2) is 0 Å². The van der Waals surface area contributed by atoms with Gasteiger partial charge in [0.25, 0.3) is 5.91 Å². The van der Waals surface area contributed by atoms with Crippen LogP contribution in [-0.4, -0.2) is 31.0 Å². The van der Waals surface area contributed by atoms with Crippen LogP contribution in [0, 0.1) is 0 Å². The second-order valence-electron chi connectivity index (χ2n) is 7.54. The van der Waals surface area contributed by atoms with Crippen LogP contribution in [0.4, 0.5) is 11.4 Å². The molecule has 162 valence electrons. The van der Waals surface area contributed by atoms with Crippen LogP contribution in [0.2, 0.25) is 0 Å². The van der Waals surface area contributed by atoms with Crippen LogP contribution in [0.15, 0.2) is 48.5 Å². The third-order valence-corrected chi connectivity index (χ3v) is 4.40. The van der Waals surface area contributed by atoms with E-state index in [-0.39, 0.29) is 24.4 Å². The lowest BCUT2D eigenvalue weighted by Gasteiger charge is -2.11. The molecule has 0 unspecified atom stereocenters. The highest BCUT2D eigenvalue weighted by Gasteiger charge is 2.07. The lowest BCUT2D eigenvalue weighted by molar-refractivity contribution is -0.114. The highest BCUT2D eigenvalue weighted by atomic mass is 16.5. The molecule has 0 aromatic heterocycles. The third kappa shape index (κ3) is 8.55. The Morgan fingerprint density at radius 1 is 0.967 bits per heavy atom. The van der Waals surface area contributed by atoms with Crippen LogP contribution in [0.1, 0.15) is 56.8 Å². The summed E-state index contributed by atoms with van der Waals surface area (Å²) in [5.41, 5.74) is 2.06. The van der Waals surface area contributed by atoms with Crippen molar-refractivity contribution in [2.24, 2.45) is 0 Å². The molecule has 0 radical (unpaired) electrons. The smallest absolute Gasteiger partial charge is 0.251 e. The molecule has 2 aromatic carbocycles. The molecule has 0 atom stereocenters. The maximum Gasteiger partial charge on any atom is 0.251 e. The summed E-state index contributed by atoms with van der Waals surface area (Å²) in [6.45, 7) is 6.83. The summed E-state index contributed by atoms with van der Waals surface area (Å²) in [5, 5.41) is 8.78. The minimum atomic E-state index is -0.156. The van der Waals surface area contributed by atoms with Gasteiger partial charge < -0.3 is 20.7 Å². The van der Waals surface area contributed by atoms with Crippen LogP contribution in [0.5, 0.6) is 5.75 Å². The Balaban J connectivity index is 1.78. The molecule has 0 saturated carbocycles. The summed E-state index contributed by atoms with van der Waals surface area (Å²) in [5.74, 6) is 0.492. The first-order valence-electron chi connectivity index (χ1n) is 10.7. The van der Waals surface area contributed by atoms with Gasteiger partial charge in [-0.15, -0.1) is 0 Å². The van der Waals surface area contributed by atoms with Crippen molar-refractivity contribution in [3.63, 3.8) is 0 Å². The van der Waals surface area contributed by atoms with E-state index >= 15 is 0 Å². The molecule has 6 nitrogen and oxygen atoms in total. The fourth-order valence-corrected chi connectivity index (χ4v) is 2.85. The predicted molar refractivity (Wildman–Crippen MR) is 122 cm³/mol. The van der Waals surface area contributed by atoms with Gasteiger partial charge >= 0.3 is 0 Å². The van der Waals surface area contributed by atoms with Crippen molar-refractivity contribution in [2.75, 3.05) is 23.8 Å². The van der Waals surface area contributed by atoms with E-state index < -0.39 is 0 Å². The maximum absolute atomic E-state index is 12.2. The average molecular weight is 412 g/mol. The predicted octanol–water partition coefficient (Wildman–Crippen LogP) is 4.83. The first-order valence-corrected chi connectivity index (χ1v) is 10.7. The number of anilines is 2. The van der Waals surface area contributed by atoms with Crippen molar-refractivity contribution in [2.45, 2.75) is 52.5 Å². The number of rotatable bonds is 12. The van der Waals surface area contributed by atoms with Gasteiger partial charge in [-0.3, -0.25) is 9.59 Å². The number of hydrogen-bond acceptors (Lipinski definition) is 4. The number of carbonyl (C=O) groups is 2. The van der Waals surface area contributed by atoms with Crippen molar-refractivity contribution >= 4 is 23.2 Å². The third-order valence-electron chi connectivity index (χ3n) is 4.40. The van der Waals surface area contributed by atoms with E-state index in [0.717, 1.165) is 17.9 Å². The summed E-state index contributed by atoms with van der Waals surface area (Å²) in [7, 11) is 0. The Kier molecular flexibility index (Phi) is 9.71. The van der Waals surface area contributed by atoms with Crippen molar-refractivity contribution in [3.8, 4) is 5.75 Å². The summed E-state index contributed by atoms with van der Waals surface area (Å²) < 4.78 is 5.76. The Morgan fingerprint density at radius 3 is 2.43 bits per heavy atom. The molecule has 0 aliphatic heterocycles. The molecule has 0 heterocycles. The molecule has 0 saturated heterocycles. The molecule has 0 aliphatic carbocycles. The molecule has 3 N–H and O–H groups in total. The molecular weight excluding hydrogens is 378 g/mol. The largest absolute Gasteiger partial charge is 0.494 e. The van der Waals surface area contributed by atoms with E-state index in [1.807, 2.05) is 38.1 Å². The van der Waals surface area contributed by atoms with Gasteiger partial charge in [0, 0.05) is 29.0 Å². The second kappa shape index (κ2) is 12.5. The van der Waals surface area contributed by atoms with E-state index in [2.05, 4.69) is 22.9 Å². The first kappa shape index (κ1) is 23.3. The number of unbranched alkanes of at least 4 members (excludes halogenated alkanes) is 3. The minimum Gasteiger partial charge on any atom is -0.494 e. The van der Waals surface area contributed by atoms with E-state index in [4.69, 9.17) is 4.74 Å². The molecule has 30 heavy (non-hydrogen) atoms. The molecule has 2 rings (SSSR count). The zero-order valence-corrected chi connectivity index (χ0v) is 18.2. The second-order valence-corrected chi connectivity index (χ2v) is 7.54. The number of amides is 2. The molecule has 0 fully saturated rings. The van der Waals surface area contributed by atoms with Gasteiger partial charge in [-0.1, -0.05) is 32.3 Å². The van der Waals surface area contributed by atoms with Crippen molar-refractivity contribution < 1.29 is 14.3 Å². The summed E-state index contributed by atoms with van der Waals surface area (Å²) >= 11 is 0. The molecule has 0 bridgehead atoms. The van der Waals surface area contributed by atoms with E-state index in [9.17, 15) is 9.59 Å². The number of ether oxygens (including phenoxy) is 1. The van der Waals surface area contributed by atoms with E-state index in [0.29, 0.717) is 17.9 Å². The fourth-order valence-electron chi connectivity index (χ4n) is 2.85. The topological polar surface area (TPSA) is 79.5 Å². The van der Waals surface area contributed by atoms with Crippen molar-refractivity contribution in [1.82, 2.24) is 5.32 Å². The monoisotopic (exact) mass is 411 g/mol. The highest BCUT2D eigenvalue weighted by Crippen LogP contribution is 2.18. The zero-order chi connectivity index (χ0) is 21.8. The number of nitrogens with one attached hydrogen (secondary N) is 3. The molecular formula is C24H33N3O3. The molecule has 0 aliphatic rings. The molecule has 2 aromatic rings. The summed E-state index contributed by atoms with van der Waals surface area (Å²) in [6, 6.07) is 14.6. The zero-order valence-electron chi connectivity index (χ0n) is 18.2. The van der Waals surface area contributed by atoms with Gasteiger partial charge in [-0.2, -0.15) is 0 Å². The Labute approximate surface area is 179 Å². The number of benzene rings is 2. The van der Waals surface area contributed by atoms with Gasteiger partial charge in [0.05, 0.1) is 13.2 Å². The fraction of sp³-hybridized carbons (Fsp3) is 0.417. The Bertz CT molecular complexity index is 804. The lowest BCUT2D eigenvalue weighted by atomic mass is 10.2. The van der Waals surface area contributed by atoms with Crippen LogP contribution in [0.3, 0.4) is 0 Å². The molecule has 0 spiro atoms. The Morgan fingerprint density at radius 2 is 1.73 bits per heavy atom. The SMILES string of the molecule is CCCCCCOc1cccc(NC(=O)CNc2ccc(C(=O)NC(C)C)cc2)c1. The van der Waals surface area contributed by atoms with Gasteiger partial charge in [0.1, 0.15) is 5.75 Å². The standard InChI is InChI=1S/C24H33N3O3/c1-4-5-6-7-15-30-22-10-8-9-21(16-22)27-23(28)17-25-20-13-11-19(12-14-20)24(29)26-18(2)3/h8-14,16,18,25H,4-7,15,17H2,1-3H3,(H,26,29)(H,27,28). The Hall–Kier alpha value is -3.02.